The maximum absolute atomic E-state index is 9.76. The average molecular weight is 337 g/mol. The van der Waals surface area contributed by atoms with Crippen molar-refractivity contribution in [2.45, 2.75) is 37.6 Å². The van der Waals surface area contributed by atoms with E-state index in [1.54, 1.807) is 0 Å². The van der Waals surface area contributed by atoms with Gasteiger partial charge in [0.1, 0.15) is 22.5 Å². The molecule has 1 atom stereocenters. The number of aryl methyl sites for hydroxylation is 1. The van der Waals surface area contributed by atoms with Gasteiger partial charge in [0.15, 0.2) is 5.84 Å². The van der Waals surface area contributed by atoms with Crippen LogP contribution in [0.5, 0.6) is 0 Å². The van der Waals surface area contributed by atoms with Crippen molar-refractivity contribution in [2.24, 2.45) is 9.98 Å². The third kappa shape index (κ3) is 2.28. The minimum Gasteiger partial charge on any atom is -0.328 e. The Balaban J connectivity index is 1.92. The molecule has 1 aromatic carbocycles. The van der Waals surface area contributed by atoms with Crippen molar-refractivity contribution in [1.82, 2.24) is 5.32 Å². The topological polar surface area (TPSA) is 60.5 Å². The Kier molecular flexibility index (Phi) is 3.74. The molecule has 0 radical (unpaired) electrons. The summed E-state index contributed by atoms with van der Waals surface area (Å²) in [6.45, 7) is 0. The molecule has 0 fully saturated rings. The van der Waals surface area contributed by atoms with E-state index in [1.807, 2.05) is 18.3 Å². The van der Waals surface area contributed by atoms with Gasteiger partial charge in [0.05, 0.1) is 5.57 Å². The van der Waals surface area contributed by atoms with Gasteiger partial charge in [0.25, 0.3) is 0 Å². The number of benzene rings is 1. The lowest BCUT2D eigenvalue weighted by atomic mass is 9.72. The first-order valence-corrected chi connectivity index (χ1v) is 8.61. The van der Waals surface area contributed by atoms with Crippen LogP contribution in [0.2, 0.25) is 0 Å². The Morgan fingerprint density at radius 1 is 1.25 bits per heavy atom. The molecule has 2 aliphatic heterocycles. The van der Waals surface area contributed by atoms with Gasteiger partial charge in [-0.25, -0.2) is 4.99 Å². The first-order chi connectivity index (χ1) is 11.7. The van der Waals surface area contributed by atoms with Crippen molar-refractivity contribution in [3.8, 4) is 6.07 Å². The van der Waals surface area contributed by atoms with E-state index in [0.29, 0.717) is 16.6 Å². The highest BCUT2D eigenvalue weighted by atomic mass is 35.5. The summed E-state index contributed by atoms with van der Waals surface area (Å²) < 4.78 is 0. The van der Waals surface area contributed by atoms with Crippen molar-refractivity contribution in [3.05, 3.63) is 57.9 Å². The van der Waals surface area contributed by atoms with Crippen LogP contribution in [-0.2, 0) is 12.0 Å². The van der Waals surface area contributed by atoms with Crippen LogP contribution in [0.1, 0.15) is 36.8 Å². The predicted octanol–water partition coefficient (Wildman–Crippen LogP) is 3.94. The number of fused-ring (bicyclic) bond motifs is 2. The van der Waals surface area contributed by atoms with Crippen LogP contribution in [0, 0.1) is 11.3 Å². The lowest BCUT2D eigenvalue weighted by Crippen LogP contribution is -2.41. The van der Waals surface area contributed by atoms with Crippen molar-refractivity contribution in [1.29, 1.82) is 5.26 Å². The quantitative estimate of drug-likeness (QED) is 0.789. The lowest BCUT2D eigenvalue weighted by molar-refractivity contribution is 0.438. The molecule has 1 aromatic rings. The van der Waals surface area contributed by atoms with Crippen LogP contribution >= 0.6 is 11.6 Å². The smallest absolute Gasteiger partial charge is 0.153 e. The fourth-order valence-corrected chi connectivity index (χ4v) is 4.03. The number of rotatable bonds is 1. The van der Waals surface area contributed by atoms with Gasteiger partial charge >= 0.3 is 0 Å². The fraction of sp³-hybridized carbons (Fsp3) is 0.316. The zero-order valence-electron chi connectivity index (χ0n) is 13.2. The summed E-state index contributed by atoms with van der Waals surface area (Å²) in [5.41, 5.74) is 2.94. The molecule has 120 valence electrons. The molecule has 3 aliphatic rings. The summed E-state index contributed by atoms with van der Waals surface area (Å²) >= 11 is 6.47. The number of nitriles is 1. The Morgan fingerprint density at radius 2 is 2.12 bits per heavy atom. The average Bonchev–Trinajstić information content (AvgIpc) is 2.63. The second-order valence-electron chi connectivity index (χ2n) is 6.24. The number of amidine groups is 1. The molecule has 4 nitrogen and oxygen atoms in total. The molecule has 2 heterocycles. The van der Waals surface area contributed by atoms with Crippen LogP contribution in [-0.4, -0.2) is 12.1 Å². The molecule has 0 aromatic heterocycles. The second kappa shape index (κ2) is 5.92. The van der Waals surface area contributed by atoms with Crippen molar-refractivity contribution >= 4 is 23.7 Å². The van der Waals surface area contributed by atoms with E-state index in [-0.39, 0.29) is 0 Å². The van der Waals surface area contributed by atoms with Gasteiger partial charge in [0.2, 0.25) is 0 Å². The Hall–Kier alpha value is -2.38. The SMILES string of the molecule is N#CC1=C(Cl)NC(C2=CCCC=N2)=NC12CCCc1ccccc12. The highest BCUT2D eigenvalue weighted by molar-refractivity contribution is 6.32. The summed E-state index contributed by atoms with van der Waals surface area (Å²) in [5.74, 6) is 0.659. The van der Waals surface area contributed by atoms with E-state index < -0.39 is 5.54 Å². The zero-order chi connectivity index (χ0) is 16.6. The van der Waals surface area contributed by atoms with E-state index >= 15 is 0 Å². The van der Waals surface area contributed by atoms with Gasteiger partial charge in [-0.15, -0.1) is 0 Å². The highest BCUT2D eigenvalue weighted by Crippen LogP contribution is 2.47. The van der Waals surface area contributed by atoms with E-state index in [4.69, 9.17) is 16.6 Å². The van der Waals surface area contributed by atoms with Crippen LogP contribution in [0.15, 0.2) is 56.8 Å². The fourth-order valence-electron chi connectivity index (χ4n) is 3.74. The normalized spacial score (nSPS) is 25.5. The van der Waals surface area contributed by atoms with Crippen molar-refractivity contribution in [3.63, 3.8) is 0 Å². The summed E-state index contributed by atoms with van der Waals surface area (Å²) in [4.78, 5) is 9.45. The summed E-state index contributed by atoms with van der Waals surface area (Å²) in [6, 6.07) is 10.5. The molecule has 1 N–H and O–H groups in total. The van der Waals surface area contributed by atoms with Gasteiger partial charge in [-0.3, -0.25) is 4.99 Å². The number of aliphatic imine (C=N–C) groups is 2. The molecule has 24 heavy (non-hydrogen) atoms. The minimum atomic E-state index is -0.699. The number of allylic oxidation sites excluding steroid dienone is 1. The highest BCUT2D eigenvalue weighted by Gasteiger charge is 2.44. The maximum atomic E-state index is 9.76. The van der Waals surface area contributed by atoms with Crippen LogP contribution in [0.3, 0.4) is 0 Å². The summed E-state index contributed by atoms with van der Waals surface area (Å²) in [6.07, 6.45) is 8.62. The first-order valence-electron chi connectivity index (χ1n) is 8.23. The lowest BCUT2D eigenvalue weighted by Gasteiger charge is -2.39. The summed E-state index contributed by atoms with van der Waals surface area (Å²) in [7, 11) is 0. The molecule has 0 amide bonds. The number of hydrogen-bond acceptors (Lipinski definition) is 4. The largest absolute Gasteiger partial charge is 0.328 e. The van der Waals surface area contributed by atoms with Crippen molar-refractivity contribution in [2.75, 3.05) is 0 Å². The van der Waals surface area contributed by atoms with Crippen molar-refractivity contribution < 1.29 is 0 Å². The number of nitrogens with one attached hydrogen (secondary N) is 1. The maximum Gasteiger partial charge on any atom is 0.153 e. The number of hydrogen-bond donors (Lipinski definition) is 1. The third-order valence-electron chi connectivity index (χ3n) is 4.83. The Morgan fingerprint density at radius 3 is 2.92 bits per heavy atom. The predicted molar refractivity (Wildman–Crippen MR) is 95.9 cm³/mol. The summed E-state index contributed by atoms with van der Waals surface area (Å²) in [5, 5.41) is 13.2. The Bertz CT molecular complexity index is 856. The molecule has 1 aliphatic carbocycles. The molecule has 4 rings (SSSR count). The molecular weight excluding hydrogens is 320 g/mol. The van der Waals surface area contributed by atoms with E-state index in [0.717, 1.165) is 43.4 Å². The third-order valence-corrected chi connectivity index (χ3v) is 5.11. The van der Waals surface area contributed by atoms with Gasteiger partial charge in [-0.1, -0.05) is 41.9 Å². The molecule has 0 bridgehead atoms. The molecule has 5 heteroatoms. The zero-order valence-corrected chi connectivity index (χ0v) is 14.0. The number of nitrogens with zero attached hydrogens (tertiary/aromatic N) is 3. The molecule has 1 spiro atoms. The van der Waals surface area contributed by atoms with E-state index in [2.05, 4.69) is 34.6 Å². The van der Waals surface area contributed by atoms with E-state index in [1.165, 1.54) is 5.56 Å². The molecular formula is C19H17ClN4. The minimum absolute atomic E-state index is 0.362. The molecule has 1 unspecified atom stereocenters. The van der Waals surface area contributed by atoms with Gasteiger partial charge in [-0.2, -0.15) is 5.26 Å². The Labute approximate surface area is 146 Å². The van der Waals surface area contributed by atoms with Crippen LogP contribution in [0.25, 0.3) is 0 Å². The van der Waals surface area contributed by atoms with Gasteiger partial charge in [-0.05, 0) is 43.2 Å². The van der Waals surface area contributed by atoms with E-state index in [9.17, 15) is 5.26 Å². The van der Waals surface area contributed by atoms with Crippen LogP contribution in [0.4, 0.5) is 0 Å². The second-order valence-corrected chi connectivity index (χ2v) is 6.61. The molecule has 0 saturated heterocycles. The molecule has 0 saturated carbocycles. The first kappa shape index (κ1) is 15.2. The van der Waals surface area contributed by atoms with Gasteiger partial charge < -0.3 is 5.32 Å². The monoisotopic (exact) mass is 336 g/mol. The van der Waals surface area contributed by atoms with Gasteiger partial charge in [0, 0.05) is 6.21 Å². The number of halogens is 1. The standard InChI is InChI=1S/C19H17ClN4/c20-17-15(12-21)19(10-5-7-13-6-1-2-8-14(13)19)24-18(23-17)16-9-3-4-11-22-16/h1-2,6,8-9,11H,3-5,7,10H2,(H,23,24). The van der Waals surface area contributed by atoms with Crippen LogP contribution < -0.4 is 5.32 Å².